The van der Waals surface area contributed by atoms with Gasteiger partial charge in [-0.05, 0) is 35.4 Å². The SMILES string of the molecule is CC(CCl)C(C)Nc1nc[nH]c(=O)c1I. The Labute approximate surface area is 107 Å². The summed E-state index contributed by atoms with van der Waals surface area (Å²) >= 11 is 7.73. The first-order valence-electron chi connectivity index (χ1n) is 4.62. The van der Waals surface area contributed by atoms with Crippen LogP contribution in [-0.2, 0) is 0 Å². The van der Waals surface area contributed by atoms with Gasteiger partial charge in [0.25, 0.3) is 5.56 Å². The highest BCUT2D eigenvalue weighted by Crippen LogP contribution is 2.14. The van der Waals surface area contributed by atoms with Crippen LogP contribution in [0.5, 0.6) is 0 Å². The van der Waals surface area contributed by atoms with Gasteiger partial charge in [0.1, 0.15) is 9.39 Å². The lowest BCUT2D eigenvalue weighted by atomic mass is 10.1. The molecule has 6 heteroatoms. The van der Waals surface area contributed by atoms with Crippen molar-refractivity contribution < 1.29 is 0 Å². The minimum atomic E-state index is -0.126. The molecule has 2 atom stereocenters. The molecule has 84 valence electrons. The van der Waals surface area contributed by atoms with Crippen molar-refractivity contribution in [1.82, 2.24) is 9.97 Å². The van der Waals surface area contributed by atoms with Gasteiger partial charge < -0.3 is 10.3 Å². The summed E-state index contributed by atoms with van der Waals surface area (Å²) in [6.07, 6.45) is 1.39. The molecule has 1 rings (SSSR count). The fourth-order valence-electron chi connectivity index (χ4n) is 0.975. The fraction of sp³-hybridized carbons (Fsp3) is 0.556. The van der Waals surface area contributed by atoms with Gasteiger partial charge in [0.15, 0.2) is 0 Å². The molecule has 0 saturated carbocycles. The highest BCUT2D eigenvalue weighted by atomic mass is 127. The number of aromatic nitrogens is 2. The van der Waals surface area contributed by atoms with Gasteiger partial charge in [-0.2, -0.15) is 0 Å². The van der Waals surface area contributed by atoms with Crippen LogP contribution in [0.25, 0.3) is 0 Å². The Morgan fingerprint density at radius 2 is 2.33 bits per heavy atom. The molecule has 1 aromatic heterocycles. The molecule has 0 aromatic carbocycles. The first kappa shape index (κ1) is 12.8. The van der Waals surface area contributed by atoms with Crippen LogP contribution in [0.4, 0.5) is 5.82 Å². The molecule has 0 amide bonds. The number of hydrogen-bond acceptors (Lipinski definition) is 3. The molecule has 2 unspecified atom stereocenters. The van der Waals surface area contributed by atoms with Crippen LogP contribution < -0.4 is 10.9 Å². The molecule has 0 fully saturated rings. The van der Waals surface area contributed by atoms with Gasteiger partial charge in [0, 0.05) is 11.9 Å². The molecule has 0 aliphatic carbocycles. The molecule has 0 radical (unpaired) electrons. The highest BCUT2D eigenvalue weighted by Gasteiger charge is 2.13. The minimum absolute atomic E-state index is 0.126. The normalized spacial score (nSPS) is 14.7. The van der Waals surface area contributed by atoms with Crippen molar-refractivity contribution in [2.45, 2.75) is 19.9 Å². The second-order valence-corrected chi connectivity index (χ2v) is 4.85. The monoisotopic (exact) mass is 341 g/mol. The van der Waals surface area contributed by atoms with Crippen LogP contribution in [0.2, 0.25) is 0 Å². The number of H-pyrrole nitrogens is 1. The van der Waals surface area contributed by atoms with E-state index in [9.17, 15) is 4.79 Å². The molecular weight excluding hydrogens is 328 g/mol. The van der Waals surface area contributed by atoms with Crippen molar-refractivity contribution in [2.75, 3.05) is 11.2 Å². The summed E-state index contributed by atoms with van der Waals surface area (Å²) < 4.78 is 0.573. The van der Waals surface area contributed by atoms with E-state index in [2.05, 4.69) is 15.3 Å². The average Bonchev–Trinajstić information content (AvgIpc) is 2.23. The highest BCUT2D eigenvalue weighted by molar-refractivity contribution is 14.1. The third-order valence-corrected chi connectivity index (χ3v) is 3.75. The number of aromatic amines is 1. The molecule has 0 spiro atoms. The first-order chi connectivity index (χ1) is 7.06. The predicted octanol–water partition coefficient (Wildman–Crippen LogP) is 2.05. The topological polar surface area (TPSA) is 57.8 Å². The minimum Gasteiger partial charge on any atom is -0.366 e. The number of alkyl halides is 1. The standard InChI is InChI=1S/C9H13ClIN3O/c1-5(3-10)6(2)14-8-7(11)9(15)13-4-12-8/h4-6H,3H2,1-2H3,(H2,12,13,14,15). The zero-order chi connectivity index (χ0) is 11.4. The van der Waals surface area contributed by atoms with Crippen molar-refractivity contribution in [3.05, 3.63) is 20.3 Å². The summed E-state index contributed by atoms with van der Waals surface area (Å²) in [6.45, 7) is 4.07. The second kappa shape index (κ2) is 5.69. The van der Waals surface area contributed by atoms with Gasteiger partial charge in [-0.15, -0.1) is 11.6 Å². The molecule has 0 bridgehead atoms. The van der Waals surface area contributed by atoms with Crippen LogP contribution in [-0.4, -0.2) is 21.9 Å². The molecule has 4 nitrogen and oxygen atoms in total. The molecule has 0 aliphatic rings. The Morgan fingerprint density at radius 1 is 1.67 bits per heavy atom. The van der Waals surface area contributed by atoms with E-state index in [1.54, 1.807) is 0 Å². The Kier molecular flexibility index (Phi) is 4.85. The molecule has 0 saturated heterocycles. The van der Waals surface area contributed by atoms with Gasteiger partial charge in [-0.1, -0.05) is 6.92 Å². The van der Waals surface area contributed by atoms with E-state index < -0.39 is 0 Å². The maximum Gasteiger partial charge on any atom is 0.266 e. The predicted molar refractivity (Wildman–Crippen MR) is 70.5 cm³/mol. The Balaban J connectivity index is 2.81. The molecule has 2 N–H and O–H groups in total. The molecule has 15 heavy (non-hydrogen) atoms. The third kappa shape index (κ3) is 3.34. The molecule has 1 aromatic rings. The van der Waals surface area contributed by atoms with Crippen molar-refractivity contribution in [3.63, 3.8) is 0 Å². The fourth-order valence-corrected chi connectivity index (χ4v) is 1.69. The maximum absolute atomic E-state index is 11.3. The van der Waals surface area contributed by atoms with Crippen LogP contribution in [0.3, 0.4) is 0 Å². The van der Waals surface area contributed by atoms with Crippen LogP contribution in [0, 0.1) is 9.49 Å². The molecular formula is C9H13ClIN3O. The number of nitrogens with zero attached hydrogens (tertiary/aromatic N) is 1. The van der Waals surface area contributed by atoms with Crippen LogP contribution >= 0.6 is 34.2 Å². The lowest BCUT2D eigenvalue weighted by molar-refractivity contribution is 0.563. The van der Waals surface area contributed by atoms with Crippen LogP contribution in [0.15, 0.2) is 11.1 Å². The van der Waals surface area contributed by atoms with Gasteiger partial charge >= 0.3 is 0 Å². The van der Waals surface area contributed by atoms with E-state index in [0.717, 1.165) is 0 Å². The van der Waals surface area contributed by atoms with Crippen molar-refractivity contribution >= 4 is 40.0 Å². The molecule has 1 heterocycles. The van der Waals surface area contributed by atoms with Crippen molar-refractivity contribution in [1.29, 1.82) is 0 Å². The van der Waals surface area contributed by atoms with Gasteiger partial charge in [-0.25, -0.2) is 4.98 Å². The van der Waals surface area contributed by atoms with Gasteiger partial charge in [-0.3, -0.25) is 4.79 Å². The molecule has 0 aliphatic heterocycles. The van der Waals surface area contributed by atoms with Crippen LogP contribution in [0.1, 0.15) is 13.8 Å². The number of nitrogens with one attached hydrogen (secondary N) is 2. The van der Waals surface area contributed by atoms with E-state index in [-0.39, 0.29) is 11.6 Å². The smallest absolute Gasteiger partial charge is 0.266 e. The van der Waals surface area contributed by atoms with Gasteiger partial charge in [0.2, 0.25) is 0 Å². The summed E-state index contributed by atoms with van der Waals surface area (Å²) in [7, 11) is 0. The average molecular weight is 342 g/mol. The summed E-state index contributed by atoms with van der Waals surface area (Å²) in [6, 6.07) is 0.185. The van der Waals surface area contributed by atoms with E-state index in [4.69, 9.17) is 11.6 Å². The summed E-state index contributed by atoms with van der Waals surface area (Å²) in [4.78, 5) is 17.9. The summed E-state index contributed by atoms with van der Waals surface area (Å²) in [5.74, 6) is 1.51. The van der Waals surface area contributed by atoms with E-state index in [0.29, 0.717) is 21.2 Å². The van der Waals surface area contributed by atoms with E-state index >= 15 is 0 Å². The zero-order valence-corrected chi connectivity index (χ0v) is 11.5. The lowest BCUT2D eigenvalue weighted by Gasteiger charge is -2.19. The summed E-state index contributed by atoms with van der Waals surface area (Å²) in [5, 5.41) is 3.18. The lowest BCUT2D eigenvalue weighted by Crippen LogP contribution is -2.27. The van der Waals surface area contributed by atoms with Crippen molar-refractivity contribution in [2.24, 2.45) is 5.92 Å². The van der Waals surface area contributed by atoms with E-state index in [1.165, 1.54) is 6.33 Å². The maximum atomic E-state index is 11.3. The largest absolute Gasteiger partial charge is 0.366 e. The summed E-state index contributed by atoms with van der Waals surface area (Å²) in [5.41, 5.74) is -0.126. The Hall–Kier alpha value is -0.300. The number of rotatable bonds is 4. The Bertz CT molecular complexity index is 382. The zero-order valence-electron chi connectivity index (χ0n) is 8.55. The quantitative estimate of drug-likeness (QED) is 0.651. The second-order valence-electron chi connectivity index (χ2n) is 3.46. The van der Waals surface area contributed by atoms with Crippen molar-refractivity contribution in [3.8, 4) is 0 Å². The van der Waals surface area contributed by atoms with Gasteiger partial charge in [0.05, 0.1) is 6.33 Å². The number of anilines is 1. The first-order valence-corrected chi connectivity index (χ1v) is 6.23. The third-order valence-electron chi connectivity index (χ3n) is 2.26. The number of hydrogen-bond donors (Lipinski definition) is 2. The van der Waals surface area contributed by atoms with E-state index in [1.807, 2.05) is 36.4 Å². The number of halogens is 2. The Morgan fingerprint density at radius 3 is 2.93 bits per heavy atom.